The van der Waals surface area contributed by atoms with Crippen molar-refractivity contribution in [2.75, 3.05) is 25.4 Å². The van der Waals surface area contributed by atoms with Crippen LogP contribution in [-0.4, -0.2) is 61.9 Å². The molecule has 1 atom stereocenters. The number of non-ortho nitro benzene ring substituents is 1. The van der Waals surface area contributed by atoms with Crippen LogP contribution in [0.4, 0.5) is 5.69 Å². The maximum absolute atomic E-state index is 12.8. The molecule has 0 N–H and O–H groups in total. The first-order valence-corrected chi connectivity index (χ1v) is 13.3. The van der Waals surface area contributed by atoms with Crippen LogP contribution in [0, 0.1) is 16.0 Å². The Morgan fingerprint density at radius 2 is 1.89 bits per heavy atom. The molecule has 0 spiro atoms. The summed E-state index contributed by atoms with van der Waals surface area (Å²) in [5.74, 6) is 0.823. The lowest BCUT2D eigenvalue weighted by atomic mass is 9.98. The van der Waals surface area contributed by atoms with Crippen molar-refractivity contribution in [3.63, 3.8) is 0 Å². The molecule has 10 nitrogen and oxygen atoms in total. The van der Waals surface area contributed by atoms with Gasteiger partial charge in [-0.3, -0.25) is 24.3 Å². The summed E-state index contributed by atoms with van der Waals surface area (Å²) in [6, 6.07) is 15.9. The normalized spacial score (nSPS) is 15.4. The van der Waals surface area contributed by atoms with Crippen LogP contribution in [0.25, 0.3) is 17.1 Å². The van der Waals surface area contributed by atoms with Gasteiger partial charge in [0.15, 0.2) is 11.0 Å². The minimum Gasteiger partial charge on any atom is -0.466 e. The molecule has 0 radical (unpaired) electrons. The smallest absolute Gasteiger partial charge is 0.310 e. The molecule has 1 aliphatic heterocycles. The number of amides is 1. The maximum Gasteiger partial charge on any atom is 0.310 e. The van der Waals surface area contributed by atoms with Crippen LogP contribution in [0.15, 0.2) is 59.8 Å². The molecule has 1 saturated heterocycles. The van der Waals surface area contributed by atoms with Gasteiger partial charge in [0.25, 0.3) is 5.69 Å². The minimum absolute atomic E-state index is 0.0103. The van der Waals surface area contributed by atoms with Crippen LogP contribution in [0.3, 0.4) is 0 Å². The largest absolute Gasteiger partial charge is 0.466 e. The Balaban J connectivity index is 1.40. The molecular formula is C26H29N5O5S. The van der Waals surface area contributed by atoms with Gasteiger partial charge in [0, 0.05) is 48.6 Å². The lowest BCUT2D eigenvalue weighted by Crippen LogP contribution is -2.42. The second-order valence-electron chi connectivity index (χ2n) is 8.66. The van der Waals surface area contributed by atoms with Gasteiger partial charge in [-0.25, -0.2) is 0 Å². The van der Waals surface area contributed by atoms with Crippen molar-refractivity contribution in [2.24, 2.45) is 5.92 Å². The van der Waals surface area contributed by atoms with E-state index in [9.17, 15) is 19.7 Å². The first kappa shape index (κ1) is 26.3. The second-order valence-corrected chi connectivity index (χ2v) is 9.73. The van der Waals surface area contributed by atoms with E-state index in [1.54, 1.807) is 24.0 Å². The standard InChI is InChI=1S/C26H29N5O5S/c1-2-36-25(33)20-8-6-16-29(18-20)23(32)11-7-17-37-26-28-27-24(30(26)21-9-4-3-5-10-21)19-12-14-22(15-13-19)31(34)35/h3-5,9-10,12-15,20H,2,6-8,11,16-18H2,1H3. The molecule has 37 heavy (non-hydrogen) atoms. The Morgan fingerprint density at radius 3 is 2.59 bits per heavy atom. The first-order valence-electron chi connectivity index (χ1n) is 12.3. The number of esters is 1. The van der Waals surface area contributed by atoms with Gasteiger partial charge in [-0.2, -0.15) is 0 Å². The number of ether oxygens (including phenoxy) is 1. The highest BCUT2D eigenvalue weighted by atomic mass is 32.2. The van der Waals surface area contributed by atoms with Crippen LogP contribution in [0.5, 0.6) is 0 Å². The number of benzene rings is 2. The topological polar surface area (TPSA) is 120 Å². The minimum atomic E-state index is -0.435. The van der Waals surface area contributed by atoms with E-state index in [-0.39, 0.29) is 23.5 Å². The van der Waals surface area contributed by atoms with Crippen molar-refractivity contribution in [1.82, 2.24) is 19.7 Å². The highest BCUT2D eigenvalue weighted by Crippen LogP contribution is 2.29. The molecule has 2 aromatic carbocycles. The monoisotopic (exact) mass is 523 g/mol. The summed E-state index contributed by atoms with van der Waals surface area (Å²) in [4.78, 5) is 37.2. The lowest BCUT2D eigenvalue weighted by molar-refractivity contribution is -0.384. The number of nitro groups is 1. The van der Waals surface area contributed by atoms with Crippen LogP contribution in [-0.2, 0) is 14.3 Å². The number of carbonyl (C=O) groups is 2. The average molecular weight is 524 g/mol. The molecule has 0 saturated carbocycles. The number of hydrogen-bond acceptors (Lipinski definition) is 8. The van der Waals surface area contributed by atoms with E-state index in [2.05, 4.69) is 10.2 Å². The first-order chi connectivity index (χ1) is 18.0. The van der Waals surface area contributed by atoms with Crippen molar-refractivity contribution in [3.05, 3.63) is 64.7 Å². The molecule has 0 bridgehead atoms. The molecule has 3 aromatic rings. The summed E-state index contributed by atoms with van der Waals surface area (Å²) in [7, 11) is 0. The van der Waals surface area contributed by atoms with E-state index in [0.717, 1.165) is 18.5 Å². The van der Waals surface area contributed by atoms with Crippen molar-refractivity contribution >= 4 is 29.3 Å². The zero-order valence-corrected chi connectivity index (χ0v) is 21.4. The molecule has 1 unspecified atom stereocenters. The van der Waals surface area contributed by atoms with E-state index in [1.807, 2.05) is 34.9 Å². The third-order valence-electron chi connectivity index (χ3n) is 6.14. The van der Waals surface area contributed by atoms with Crippen LogP contribution in [0.2, 0.25) is 0 Å². The number of likely N-dealkylation sites (tertiary alicyclic amines) is 1. The van der Waals surface area contributed by atoms with Crippen molar-refractivity contribution in [2.45, 2.75) is 37.8 Å². The molecule has 0 aliphatic carbocycles. The fourth-order valence-electron chi connectivity index (χ4n) is 4.29. The lowest BCUT2D eigenvalue weighted by Gasteiger charge is -2.31. The third kappa shape index (κ3) is 6.53. The number of nitro benzene ring substituents is 1. The molecule has 194 valence electrons. The van der Waals surface area contributed by atoms with Gasteiger partial charge in [0.05, 0.1) is 17.4 Å². The second kappa shape index (κ2) is 12.5. The Hall–Kier alpha value is -3.73. The average Bonchev–Trinajstić information content (AvgIpc) is 3.35. The highest BCUT2D eigenvalue weighted by Gasteiger charge is 2.29. The van der Waals surface area contributed by atoms with Crippen molar-refractivity contribution in [1.29, 1.82) is 0 Å². The Kier molecular flexibility index (Phi) is 8.89. The summed E-state index contributed by atoms with van der Waals surface area (Å²) < 4.78 is 7.05. The van der Waals surface area contributed by atoms with Crippen LogP contribution >= 0.6 is 11.8 Å². The third-order valence-corrected chi connectivity index (χ3v) is 7.16. The molecule has 1 fully saturated rings. The van der Waals surface area contributed by atoms with E-state index in [1.165, 1.54) is 23.9 Å². The van der Waals surface area contributed by atoms with E-state index in [4.69, 9.17) is 4.74 Å². The van der Waals surface area contributed by atoms with Gasteiger partial charge in [0.2, 0.25) is 5.91 Å². The Labute approximate surface area is 219 Å². The number of para-hydroxylation sites is 1. The fourth-order valence-corrected chi connectivity index (χ4v) is 5.18. The Bertz CT molecular complexity index is 1230. The number of rotatable bonds is 10. The number of nitrogens with zero attached hydrogens (tertiary/aromatic N) is 5. The molecule has 11 heteroatoms. The SMILES string of the molecule is CCOC(=O)C1CCCN(C(=O)CCCSc2nnc(-c3ccc([N+](=O)[O-])cc3)n2-c2ccccc2)C1. The summed E-state index contributed by atoms with van der Waals surface area (Å²) in [5.41, 5.74) is 1.60. The maximum atomic E-state index is 12.8. The fraction of sp³-hybridized carbons (Fsp3) is 0.385. The quantitative estimate of drug-likeness (QED) is 0.125. The predicted molar refractivity (Wildman–Crippen MR) is 139 cm³/mol. The number of thioether (sulfide) groups is 1. The predicted octanol–water partition coefficient (Wildman–Crippen LogP) is 4.52. The van der Waals surface area contributed by atoms with Crippen LogP contribution in [0.1, 0.15) is 32.6 Å². The van der Waals surface area contributed by atoms with Gasteiger partial charge in [0.1, 0.15) is 0 Å². The van der Waals surface area contributed by atoms with Gasteiger partial charge in [-0.1, -0.05) is 30.0 Å². The zero-order valence-electron chi connectivity index (χ0n) is 20.6. The van der Waals surface area contributed by atoms with E-state index in [0.29, 0.717) is 54.8 Å². The number of hydrogen-bond donors (Lipinski definition) is 0. The number of aromatic nitrogens is 3. The zero-order chi connectivity index (χ0) is 26.2. The van der Waals surface area contributed by atoms with E-state index < -0.39 is 4.92 Å². The molecular weight excluding hydrogens is 494 g/mol. The van der Waals surface area contributed by atoms with E-state index >= 15 is 0 Å². The number of piperidine rings is 1. The summed E-state index contributed by atoms with van der Waals surface area (Å²) in [6.07, 6.45) is 2.59. The molecule has 1 aromatic heterocycles. The summed E-state index contributed by atoms with van der Waals surface area (Å²) in [5, 5.41) is 20.4. The van der Waals surface area contributed by atoms with Gasteiger partial charge in [-0.15, -0.1) is 10.2 Å². The number of carbonyl (C=O) groups excluding carboxylic acids is 2. The molecule has 2 heterocycles. The Morgan fingerprint density at radius 1 is 1.14 bits per heavy atom. The van der Waals surface area contributed by atoms with Gasteiger partial charge >= 0.3 is 5.97 Å². The van der Waals surface area contributed by atoms with Gasteiger partial charge in [-0.05, 0) is 50.5 Å². The molecule has 4 rings (SSSR count). The summed E-state index contributed by atoms with van der Waals surface area (Å²) >= 11 is 1.50. The highest BCUT2D eigenvalue weighted by molar-refractivity contribution is 7.99. The van der Waals surface area contributed by atoms with Crippen molar-refractivity contribution < 1.29 is 19.2 Å². The van der Waals surface area contributed by atoms with Gasteiger partial charge < -0.3 is 9.64 Å². The molecule has 1 aliphatic rings. The van der Waals surface area contributed by atoms with Crippen LogP contribution < -0.4 is 0 Å². The van der Waals surface area contributed by atoms with Crippen molar-refractivity contribution in [3.8, 4) is 17.1 Å². The summed E-state index contributed by atoms with van der Waals surface area (Å²) in [6.45, 7) is 3.23. The molecule has 1 amide bonds.